The lowest BCUT2D eigenvalue weighted by molar-refractivity contribution is -0.142. The van der Waals surface area contributed by atoms with Crippen LogP contribution >= 0.6 is 11.8 Å². The zero-order chi connectivity index (χ0) is 18.8. The first-order valence-corrected chi connectivity index (χ1v) is 9.35. The maximum Gasteiger partial charge on any atom is 0.408 e. The average molecular weight is 373 g/mol. The molecule has 0 aliphatic rings. The minimum Gasteiger partial charge on any atom is -0.467 e. The number of carbonyl (C=O) groups is 2. The number of nitrogens with one attached hydrogen (secondary N) is 1. The highest BCUT2D eigenvalue weighted by Crippen LogP contribution is 2.21. The number of ether oxygens (including phenoxy) is 2. The van der Waals surface area contributed by atoms with Crippen molar-refractivity contribution in [3.05, 3.63) is 71.8 Å². The number of amides is 1. The Morgan fingerprint density at radius 2 is 1.58 bits per heavy atom. The van der Waals surface area contributed by atoms with Gasteiger partial charge in [0.25, 0.3) is 0 Å². The second-order valence-electron chi connectivity index (χ2n) is 5.71. The second kappa shape index (κ2) is 10.5. The Hall–Kier alpha value is -2.47. The summed E-state index contributed by atoms with van der Waals surface area (Å²) < 4.78 is 10.0. The van der Waals surface area contributed by atoms with Crippen molar-refractivity contribution in [2.75, 3.05) is 7.11 Å². The minimum atomic E-state index is -0.781. The Bertz CT molecular complexity index is 693. The van der Waals surface area contributed by atoms with Gasteiger partial charge in [-0.3, -0.25) is 0 Å². The first-order chi connectivity index (χ1) is 12.6. The van der Waals surface area contributed by atoms with Gasteiger partial charge in [-0.2, -0.15) is 11.8 Å². The van der Waals surface area contributed by atoms with Gasteiger partial charge in [0.2, 0.25) is 0 Å². The van der Waals surface area contributed by atoms with Crippen LogP contribution in [0, 0.1) is 0 Å². The number of benzene rings is 2. The molecule has 0 saturated carbocycles. The molecule has 26 heavy (non-hydrogen) atoms. The summed E-state index contributed by atoms with van der Waals surface area (Å²) in [6.07, 6.45) is -0.642. The predicted molar refractivity (Wildman–Crippen MR) is 103 cm³/mol. The first-order valence-electron chi connectivity index (χ1n) is 8.30. The van der Waals surface area contributed by atoms with Crippen molar-refractivity contribution in [1.29, 1.82) is 0 Å². The molecule has 0 heterocycles. The van der Waals surface area contributed by atoms with Crippen molar-refractivity contribution in [3.8, 4) is 0 Å². The molecule has 2 rings (SSSR count). The second-order valence-corrected chi connectivity index (χ2v) is 7.07. The molecule has 0 aliphatic carbocycles. The average Bonchev–Trinajstić information content (AvgIpc) is 2.69. The highest BCUT2D eigenvalue weighted by Gasteiger charge is 2.28. The van der Waals surface area contributed by atoms with Crippen molar-refractivity contribution in [3.63, 3.8) is 0 Å². The number of hydrogen-bond acceptors (Lipinski definition) is 5. The number of thioether (sulfide) groups is 1. The third kappa shape index (κ3) is 6.44. The molecule has 0 fully saturated rings. The lowest BCUT2D eigenvalue weighted by atomic mass is 10.2. The number of carbonyl (C=O) groups excluding carboxylic acids is 2. The molecule has 138 valence electrons. The number of rotatable bonds is 8. The number of methoxy groups -OCH3 is 1. The lowest BCUT2D eigenvalue weighted by Gasteiger charge is -2.22. The molecule has 0 spiro atoms. The van der Waals surface area contributed by atoms with E-state index in [1.165, 1.54) is 7.11 Å². The molecule has 5 nitrogen and oxygen atoms in total. The van der Waals surface area contributed by atoms with Crippen LogP contribution in [0.4, 0.5) is 4.79 Å². The zero-order valence-corrected chi connectivity index (χ0v) is 15.7. The van der Waals surface area contributed by atoms with Gasteiger partial charge in [-0.1, -0.05) is 67.6 Å². The fraction of sp³-hybridized carbons (Fsp3) is 0.300. The Morgan fingerprint density at radius 1 is 1.00 bits per heavy atom. The third-order valence-electron chi connectivity index (χ3n) is 3.77. The van der Waals surface area contributed by atoms with Gasteiger partial charge in [0.1, 0.15) is 12.6 Å². The molecule has 0 aliphatic heterocycles. The molecule has 0 saturated heterocycles. The van der Waals surface area contributed by atoms with E-state index in [9.17, 15) is 9.59 Å². The topological polar surface area (TPSA) is 64.6 Å². The molecule has 2 aromatic carbocycles. The van der Waals surface area contributed by atoms with Crippen LogP contribution in [0.25, 0.3) is 0 Å². The van der Waals surface area contributed by atoms with Crippen LogP contribution in [-0.2, 0) is 26.6 Å². The standard InChI is InChI=1S/C20H23NO4S/c1-15(26-14-17-11-7-4-8-12-17)18(19(22)24-2)21-20(23)25-13-16-9-5-3-6-10-16/h3-12,15,18H,13-14H2,1-2H3,(H,21,23)/t15-,18+/m1/s1. The van der Waals surface area contributed by atoms with E-state index < -0.39 is 18.1 Å². The summed E-state index contributed by atoms with van der Waals surface area (Å²) in [5.74, 6) is 0.241. The molecular weight excluding hydrogens is 350 g/mol. The van der Waals surface area contributed by atoms with Crippen molar-refractivity contribution >= 4 is 23.8 Å². The van der Waals surface area contributed by atoms with Gasteiger partial charge in [0.05, 0.1) is 7.11 Å². The van der Waals surface area contributed by atoms with Crippen molar-refractivity contribution in [1.82, 2.24) is 5.32 Å². The van der Waals surface area contributed by atoms with Crippen LogP contribution in [-0.4, -0.2) is 30.5 Å². The maximum atomic E-state index is 12.1. The molecule has 0 unspecified atom stereocenters. The van der Waals surface area contributed by atoms with Gasteiger partial charge in [-0.25, -0.2) is 9.59 Å². The number of hydrogen-bond donors (Lipinski definition) is 1. The van der Waals surface area contributed by atoms with E-state index in [0.29, 0.717) is 0 Å². The zero-order valence-electron chi connectivity index (χ0n) is 14.9. The predicted octanol–water partition coefficient (Wildman–Crippen LogP) is 3.78. The van der Waals surface area contributed by atoms with E-state index in [1.807, 2.05) is 67.6 Å². The molecule has 1 amide bonds. The third-order valence-corrected chi connectivity index (χ3v) is 5.06. The summed E-state index contributed by atoms with van der Waals surface area (Å²) in [7, 11) is 1.31. The SMILES string of the molecule is COC(=O)[C@@H](NC(=O)OCc1ccccc1)[C@@H](C)SCc1ccccc1. The van der Waals surface area contributed by atoms with Crippen LogP contribution in [0.5, 0.6) is 0 Å². The fourth-order valence-corrected chi connectivity index (χ4v) is 3.30. The van der Waals surface area contributed by atoms with Crippen molar-refractivity contribution in [2.45, 2.75) is 30.6 Å². The van der Waals surface area contributed by atoms with E-state index in [-0.39, 0.29) is 11.9 Å². The lowest BCUT2D eigenvalue weighted by Crippen LogP contribution is -2.47. The van der Waals surface area contributed by atoms with Crippen LogP contribution in [0.1, 0.15) is 18.1 Å². The number of esters is 1. The van der Waals surface area contributed by atoms with E-state index in [0.717, 1.165) is 16.9 Å². The van der Waals surface area contributed by atoms with Gasteiger partial charge in [-0.05, 0) is 11.1 Å². The van der Waals surface area contributed by atoms with Crippen LogP contribution in [0.3, 0.4) is 0 Å². The van der Waals surface area contributed by atoms with Crippen LogP contribution in [0.2, 0.25) is 0 Å². The van der Waals surface area contributed by atoms with Gasteiger partial charge in [-0.15, -0.1) is 0 Å². The summed E-state index contributed by atoms with van der Waals surface area (Å²) in [5.41, 5.74) is 2.03. The molecule has 0 aromatic heterocycles. The van der Waals surface area contributed by atoms with Gasteiger partial charge >= 0.3 is 12.1 Å². The summed E-state index contributed by atoms with van der Waals surface area (Å²) in [5, 5.41) is 2.44. The quantitative estimate of drug-likeness (QED) is 0.714. The molecule has 0 radical (unpaired) electrons. The molecule has 2 atom stereocenters. The van der Waals surface area contributed by atoms with Gasteiger partial charge in [0.15, 0.2) is 0 Å². The Labute approximate surface area is 158 Å². The van der Waals surface area contributed by atoms with Crippen molar-refractivity contribution < 1.29 is 19.1 Å². The fourth-order valence-electron chi connectivity index (χ4n) is 2.28. The van der Waals surface area contributed by atoms with E-state index >= 15 is 0 Å². The summed E-state index contributed by atoms with van der Waals surface area (Å²) in [4.78, 5) is 24.1. The highest BCUT2D eigenvalue weighted by atomic mass is 32.2. The van der Waals surface area contributed by atoms with Crippen molar-refractivity contribution in [2.24, 2.45) is 0 Å². The normalized spacial score (nSPS) is 12.7. The maximum absolute atomic E-state index is 12.1. The Morgan fingerprint density at radius 3 is 2.15 bits per heavy atom. The summed E-state index contributed by atoms with van der Waals surface area (Å²) >= 11 is 1.57. The van der Waals surface area contributed by atoms with Gasteiger partial charge < -0.3 is 14.8 Å². The smallest absolute Gasteiger partial charge is 0.408 e. The first kappa shape index (κ1) is 19.8. The van der Waals surface area contributed by atoms with Crippen LogP contribution < -0.4 is 5.32 Å². The summed E-state index contributed by atoms with van der Waals surface area (Å²) in [6.45, 7) is 2.03. The number of alkyl carbamates (subject to hydrolysis) is 1. The van der Waals surface area contributed by atoms with E-state index in [2.05, 4.69) is 5.32 Å². The molecule has 6 heteroatoms. The molecule has 2 aromatic rings. The van der Waals surface area contributed by atoms with Crippen LogP contribution in [0.15, 0.2) is 60.7 Å². The van der Waals surface area contributed by atoms with Gasteiger partial charge in [0, 0.05) is 11.0 Å². The largest absolute Gasteiger partial charge is 0.467 e. The van der Waals surface area contributed by atoms with E-state index in [1.54, 1.807) is 11.8 Å². The highest BCUT2D eigenvalue weighted by molar-refractivity contribution is 7.99. The minimum absolute atomic E-state index is 0.145. The van der Waals surface area contributed by atoms with E-state index in [4.69, 9.17) is 9.47 Å². The molecule has 0 bridgehead atoms. The monoisotopic (exact) mass is 373 g/mol. The Kier molecular flexibility index (Phi) is 8.02. The molecule has 1 N–H and O–H groups in total. The Balaban J connectivity index is 1.88. The summed E-state index contributed by atoms with van der Waals surface area (Å²) in [6, 6.07) is 18.5. The molecular formula is C20H23NO4S.